The van der Waals surface area contributed by atoms with Crippen LogP contribution in [-0.4, -0.2) is 16.0 Å². The Balaban J connectivity index is 2.22. The van der Waals surface area contributed by atoms with Crippen molar-refractivity contribution < 1.29 is 14.8 Å². The van der Waals surface area contributed by atoms with Gasteiger partial charge in [-0.3, -0.25) is 10.1 Å². The minimum absolute atomic E-state index is 0.0421. The second kappa shape index (κ2) is 6.04. The number of allylic oxidation sites excluding steroid dienone is 1. The Hall–Kier alpha value is -3.35. The second-order valence-electron chi connectivity index (χ2n) is 5.41. The zero-order chi connectivity index (χ0) is 17.3. The van der Waals surface area contributed by atoms with Crippen LogP contribution in [0.4, 0.5) is 17.1 Å². The molecule has 0 aliphatic carbocycles. The largest absolute Gasteiger partial charge is 0.478 e. The van der Waals surface area contributed by atoms with E-state index in [1.165, 1.54) is 6.07 Å². The Morgan fingerprint density at radius 3 is 2.42 bits per heavy atom. The standard InChI is InChI=1S/C17H15N3O4/c1-10-15(17(21)22)16(11-6-2-5-9-14(11)20(23)24)19-13-8-4-3-7-12(13)18-10/h2-9,16,18-19H,1H3,(H,21,22). The van der Waals surface area contributed by atoms with E-state index in [4.69, 9.17) is 0 Å². The van der Waals surface area contributed by atoms with Crippen LogP contribution in [0.25, 0.3) is 0 Å². The number of nitro benzene ring substituents is 1. The molecule has 122 valence electrons. The van der Waals surface area contributed by atoms with Gasteiger partial charge in [-0.05, 0) is 25.1 Å². The van der Waals surface area contributed by atoms with E-state index in [2.05, 4.69) is 10.6 Å². The normalized spacial score (nSPS) is 16.5. The SMILES string of the molecule is CC1=C(C(=O)O)C(c2ccccc2[N+](=O)[O-])Nc2ccccc2N1. The fourth-order valence-electron chi connectivity index (χ4n) is 2.85. The Morgan fingerprint density at radius 2 is 1.75 bits per heavy atom. The molecule has 0 saturated carbocycles. The first-order valence-corrected chi connectivity index (χ1v) is 7.29. The van der Waals surface area contributed by atoms with Crippen LogP contribution in [0.1, 0.15) is 18.5 Å². The van der Waals surface area contributed by atoms with E-state index < -0.39 is 16.9 Å². The first-order valence-electron chi connectivity index (χ1n) is 7.29. The number of fused-ring (bicyclic) bond motifs is 1. The zero-order valence-corrected chi connectivity index (χ0v) is 12.8. The molecule has 7 nitrogen and oxygen atoms in total. The van der Waals surface area contributed by atoms with Crippen molar-refractivity contribution >= 4 is 23.0 Å². The van der Waals surface area contributed by atoms with E-state index >= 15 is 0 Å². The van der Waals surface area contributed by atoms with Crippen LogP contribution in [0.15, 0.2) is 59.8 Å². The van der Waals surface area contributed by atoms with Crippen molar-refractivity contribution in [2.45, 2.75) is 13.0 Å². The Kier molecular flexibility index (Phi) is 3.91. The number of rotatable bonds is 3. The number of benzene rings is 2. The predicted molar refractivity (Wildman–Crippen MR) is 89.9 cm³/mol. The van der Waals surface area contributed by atoms with Gasteiger partial charge in [-0.25, -0.2) is 4.79 Å². The molecule has 0 aromatic heterocycles. The first-order chi connectivity index (χ1) is 11.5. The van der Waals surface area contributed by atoms with E-state index in [1.54, 1.807) is 31.2 Å². The number of nitrogens with one attached hydrogen (secondary N) is 2. The monoisotopic (exact) mass is 325 g/mol. The lowest BCUT2D eigenvalue weighted by molar-refractivity contribution is -0.385. The maximum atomic E-state index is 11.8. The summed E-state index contributed by atoms with van der Waals surface area (Å²) in [7, 11) is 0. The van der Waals surface area contributed by atoms with E-state index in [0.717, 1.165) is 5.69 Å². The van der Waals surface area contributed by atoms with Crippen molar-refractivity contribution in [3.8, 4) is 0 Å². The average molecular weight is 325 g/mol. The number of nitro groups is 1. The highest BCUT2D eigenvalue weighted by Gasteiger charge is 2.32. The zero-order valence-electron chi connectivity index (χ0n) is 12.8. The van der Waals surface area contributed by atoms with E-state index in [0.29, 0.717) is 16.9 Å². The van der Waals surface area contributed by atoms with Crippen LogP contribution in [0.3, 0.4) is 0 Å². The summed E-state index contributed by atoms with van der Waals surface area (Å²) in [6, 6.07) is 12.5. The van der Waals surface area contributed by atoms with Gasteiger partial charge in [0.15, 0.2) is 0 Å². The quantitative estimate of drug-likeness (QED) is 0.589. The molecule has 0 saturated heterocycles. The van der Waals surface area contributed by atoms with E-state index in [-0.39, 0.29) is 11.3 Å². The molecule has 3 rings (SSSR count). The molecule has 7 heteroatoms. The summed E-state index contributed by atoms with van der Waals surface area (Å²) in [6.45, 7) is 1.65. The molecule has 1 aliphatic rings. The number of aliphatic carboxylic acids is 1. The molecule has 3 N–H and O–H groups in total. The lowest BCUT2D eigenvalue weighted by Crippen LogP contribution is -2.20. The van der Waals surface area contributed by atoms with Crippen molar-refractivity contribution in [3.05, 3.63) is 75.5 Å². The summed E-state index contributed by atoms with van der Waals surface area (Å²) in [5.74, 6) is -1.14. The Bertz CT molecular complexity index is 860. The molecule has 0 fully saturated rings. The molecule has 1 aliphatic heterocycles. The van der Waals surface area contributed by atoms with Gasteiger partial charge >= 0.3 is 5.97 Å². The van der Waals surface area contributed by atoms with Crippen LogP contribution >= 0.6 is 0 Å². The van der Waals surface area contributed by atoms with E-state index in [9.17, 15) is 20.0 Å². The van der Waals surface area contributed by atoms with Gasteiger partial charge in [-0.2, -0.15) is 0 Å². The van der Waals surface area contributed by atoms with Gasteiger partial charge in [-0.1, -0.05) is 24.3 Å². The number of anilines is 2. The van der Waals surface area contributed by atoms with Gasteiger partial charge in [0.1, 0.15) is 0 Å². The van der Waals surface area contributed by atoms with Gasteiger partial charge in [0, 0.05) is 11.8 Å². The van der Waals surface area contributed by atoms with Crippen LogP contribution in [0.2, 0.25) is 0 Å². The van der Waals surface area contributed by atoms with Gasteiger partial charge in [0.05, 0.1) is 33.5 Å². The number of carboxylic acid groups (broad SMARTS) is 1. The van der Waals surface area contributed by atoms with Crippen molar-refractivity contribution in [3.63, 3.8) is 0 Å². The summed E-state index contributed by atoms with van der Waals surface area (Å²) in [5, 5.41) is 27.2. The summed E-state index contributed by atoms with van der Waals surface area (Å²) in [6.07, 6.45) is 0. The Morgan fingerprint density at radius 1 is 1.12 bits per heavy atom. The summed E-state index contributed by atoms with van der Waals surface area (Å²) < 4.78 is 0. The average Bonchev–Trinajstić information content (AvgIpc) is 2.70. The van der Waals surface area contributed by atoms with Crippen molar-refractivity contribution in [1.82, 2.24) is 0 Å². The molecule has 0 spiro atoms. The van der Waals surface area contributed by atoms with Crippen molar-refractivity contribution in [2.24, 2.45) is 0 Å². The van der Waals surface area contributed by atoms with Gasteiger partial charge in [-0.15, -0.1) is 0 Å². The fraction of sp³-hybridized carbons (Fsp3) is 0.118. The number of para-hydroxylation sites is 3. The smallest absolute Gasteiger partial charge is 0.335 e. The lowest BCUT2D eigenvalue weighted by Gasteiger charge is -2.20. The third-order valence-electron chi connectivity index (χ3n) is 3.92. The first kappa shape index (κ1) is 15.5. The molecular formula is C17H15N3O4. The second-order valence-corrected chi connectivity index (χ2v) is 5.41. The van der Waals surface area contributed by atoms with Gasteiger partial charge < -0.3 is 15.7 Å². The molecule has 2 aromatic rings. The van der Waals surface area contributed by atoms with E-state index in [1.807, 2.05) is 18.2 Å². The molecule has 0 radical (unpaired) electrons. The molecular weight excluding hydrogens is 310 g/mol. The molecule has 24 heavy (non-hydrogen) atoms. The lowest BCUT2D eigenvalue weighted by atomic mass is 9.95. The number of nitrogens with zero attached hydrogens (tertiary/aromatic N) is 1. The van der Waals surface area contributed by atoms with Crippen LogP contribution in [-0.2, 0) is 4.79 Å². The third-order valence-corrected chi connectivity index (χ3v) is 3.92. The highest BCUT2D eigenvalue weighted by atomic mass is 16.6. The molecule has 0 bridgehead atoms. The molecule has 0 amide bonds. The molecule has 1 atom stereocenters. The summed E-state index contributed by atoms with van der Waals surface area (Å²) >= 11 is 0. The summed E-state index contributed by atoms with van der Waals surface area (Å²) in [4.78, 5) is 22.7. The van der Waals surface area contributed by atoms with Gasteiger partial charge in [0.25, 0.3) is 5.69 Å². The fourth-order valence-corrected chi connectivity index (χ4v) is 2.85. The van der Waals surface area contributed by atoms with Crippen LogP contribution in [0.5, 0.6) is 0 Å². The third kappa shape index (κ3) is 2.67. The highest BCUT2D eigenvalue weighted by Crippen LogP contribution is 2.39. The van der Waals surface area contributed by atoms with Crippen LogP contribution < -0.4 is 10.6 Å². The maximum Gasteiger partial charge on any atom is 0.335 e. The topological polar surface area (TPSA) is 104 Å². The number of carboxylic acids is 1. The Labute approximate surface area is 137 Å². The van der Waals surface area contributed by atoms with Crippen molar-refractivity contribution in [2.75, 3.05) is 10.6 Å². The minimum Gasteiger partial charge on any atom is -0.478 e. The molecule has 2 aromatic carbocycles. The highest BCUT2D eigenvalue weighted by molar-refractivity contribution is 5.93. The minimum atomic E-state index is -1.14. The summed E-state index contributed by atoms with van der Waals surface area (Å²) in [5.41, 5.74) is 2.05. The number of hydrogen-bond acceptors (Lipinski definition) is 5. The predicted octanol–water partition coefficient (Wildman–Crippen LogP) is 3.53. The van der Waals surface area contributed by atoms with Gasteiger partial charge in [0.2, 0.25) is 0 Å². The van der Waals surface area contributed by atoms with Crippen molar-refractivity contribution in [1.29, 1.82) is 0 Å². The van der Waals surface area contributed by atoms with Crippen LogP contribution in [0, 0.1) is 10.1 Å². The molecule has 1 heterocycles. The maximum absolute atomic E-state index is 11.8. The number of hydrogen-bond donors (Lipinski definition) is 3. The molecule has 1 unspecified atom stereocenters. The number of carbonyl (C=O) groups is 1.